The number of aryl methyl sites for hydroxylation is 1. The summed E-state index contributed by atoms with van der Waals surface area (Å²) in [5, 5.41) is 5.90. The number of alkyl carbamates (subject to hydrolysis) is 1. The molecule has 14 nitrogen and oxygen atoms in total. The highest BCUT2D eigenvalue weighted by Gasteiger charge is 2.54. The number of piperidine rings is 1. The van der Waals surface area contributed by atoms with E-state index in [2.05, 4.69) is 21.5 Å². The monoisotopic (exact) mass is 754 g/mol. The fraction of sp³-hybridized carbons (Fsp3) is 0.415. The molecule has 292 valence electrons. The lowest BCUT2D eigenvalue weighted by Crippen LogP contribution is -2.58. The molecule has 0 aliphatic carbocycles. The quantitative estimate of drug-likeness (QED) is 0.116. The molecule has 3 atom stereocenters. The van der Waals surface area contributed by atoms with Crippen LogP contribution < -0.4 is 21.5 Å². The summed E-state index contributed by atoms with van der Waals surface area (Å²) < 4.78 is 5.17. The number of nitrogens with zero attached hydrogens (tertiary/aromatic N) is 2. The fourth-order valence-corrected chi connectivity index (χ4v) is 6.99. The van der Waals surface area contributed by atoms with Crippen molar-refractivity contribution in [2.45, 2.75) is 71.1 Å². The Kier molecular flexibility index (Phi) is 14.4. The first-order chi connectivity index (χ1) is 26.6. The maximum Gasteiger partial charge on any atom is 0.407 e. The minimum Gasteiger partial charge on any atom is -0.445 e. The summed E-state index contributed by atoms with van der Waals surface area (Å²) in [7, 11) is 0. The van der Waals surface area contributed by atoms with Gasteiger partial charge in [0.1, 0.15) is 18.7 Å². The first-order valence-corrected chi connectivity index (χ1v) is 18.8. The molecular formula is C41H50N6O8. The number of amides is 7. The molecule has 2 fully saturated rings. The maximum absolute atomic E-state index is 14.1. The van der Waals surface area contributed by atoms with Gasteiger partial charge in [-0.25, -0.2) is 15.1 Å². The number of hydroxylamine groups is 1. The van der Waals surface area contributed by atoms with Gasteiger partial charge < -0.3 is 20.3 Å². The Bertz CT molecular complexity index is 1770. The molecule has 2 unspecified atom stereocenters. The van der Waals surface area contributed by atoms with E-state index in [-0.39, 0.29) is 57.5 Å². The molecule has 3 aromatic carbocycles. The van der Waals surface area contributed by atoms with Crippen LogP contribution in [0.5, 0.6) is 0 Å². The van der Waals surface area contributed by atoms with E-state index in [1.165, 1.54) is 4.90 Å². The van der Waals surface area contributed by atoms with E-state index in [0.29, 0.717) is 30.7 Å². The van der Waals surface area contributed by atoms with Crippen LogP contribution in [0.2, 0.25) is 0 Å². The molecule has 0 saturated carbocycles. The number of nitrogens with one attached hydrogen (secondary N) is 4. The Morgan fingerprint density at radius 2 is 1.40 bits per heavy atom. The second-order valence-electron chi connectivity index (χ2n) is 14.1. The Labute approximate surface area is 321 Å². The van der Waals surface area contributed by atoms with Gasteiger partial charge in [0.15, 0.2) is 0 Å². The van der Waals surface area contributed by atoms with Crippen molar-refractivity contribution in [3.05, 3.63) is 108 Å². The molecule has 0 bridgehead atoms. The van der Waals surface area contributed by atoms with Crippen molar-refractivity contribution in [1.29, 1.82) is 0 Å². The van der Waals surface area contributed by atoms with Crippen LogP contribution in [0.1, 0.15) is 62.6 Å². The van der Waals surface area contributed by atoms with Crippen molar-refractivity contribution in [2.24, 2.45) is 17.8 Å². The van der Waals surface area contributed by atoms with Gasteiger partial charge in [-0.1, -0.05) is 111 Å². The van der Waals surface area contributed by atoms with E-state index < -0.39 is 47.2 Å². The van der Waals surface area contributed by atoms with Crippen molar-refractivity contribution in [3.8, 4) is 0 Å². The first-order valence-electron chi connectivity index (χ1n) is 18.8. The number of rotatable bonds is 17. The number of hydrogen-bond acceptors (Lipinski definition) is 8. The van der Waals surface area contributed by atoms with E-state index in [0.717, 1.165) is 16.7 Å². The first kappa shape index (κ1) is 40.4. The summed E-state index contributed by atoms with van der Waals surface area (Å²) in [6.45, 7) is 3.95. The summed E-state index contributed by atoms with van der Waals surface area (Å²) in [5.41, 5.74) is 6.54. The molecule has 2 aliphatic heterocycles. The number of carbonyl (C=O) groups is 6. The molecule has 14 heteroatoms. The molecule has 3 aromatic rings. The number of carbonyl (C=O) groups excluding carboxylic acids is 6. The van der Waals surface area contributed by atoms with Gasteiger partial charge in [0.2, 0.25) is 17.7 Å². The zero-order valence-corrected chi connectivity index (χ0v) is 31.3. The van der Waals surface area contributed by atoms with Gasteiger partial charge in [-0.2, -0.15) is 5.01 Å². The molecular weight excluding hydrogens is 704 g/mol. The zero-order valence-electron chi connectivity index (χ0n) is 31.3. The molecule has 2 aliphatic rings. The van der Waals surface area contributed by atoms with Gasteiger partial charge in [0.25, 0.3) is 5.91 Å². The topological polar surface area (TPSA) is 175 Å². The highest BCUT2D eigenvalue weighted by Crippen LogP contribution is 2.32. The highest BCUT2D eigenvalue weighted by atomic mass is 16.6. The Balaban J connectivity index is 1.19. The van der Waals surface area contributed by atoms with Gasteiger partial charge in [0.05, 0.1) is 18.4 Å². The molecule has 7 amide bonds. The van der Waals surface area contributed by atoms with Crippen molar-refractivity contribution >= 4 is 35.8 Å². The van der Waals surface area contributed by atoms with Crippen molar-refractivity contribution in [2.75, 3.05) is 19.6 Å². The summed E-state index contributed by atoms with van der Waals surface area (Å²) >= 11 is 0. The van der Waals surface area contributed by atoms with Gasteiger partial charge >= 0.3 is 12.1 Å². The van der Waals surface area contributed by atoms with Crippen LogP contribution in [-0.4, -0.2) is 70.8 Å². The lowest BCUT2D eigenvalue weighted by molar-refractivity contribution is -0.149. The van der Waals surface area contributed by atoms with Crippen LogP contribution in [0.25, 0.3) is 0 Å². The van der Waals surface area contributed by atoms with E-state index in [9.17, 15) is 28.8 Å². The molecule has 2 saturated heterocycles. The van der Waals surface area contributed by atoms with E-state index >= 15 is 0 Å². The third kappa shape index (κ3) is 10.9. The smallest absolute Gasteiger partial charge is 0.407 e. The third-order valence-corrected chi connectivity index (χ3v) is 10.4. The van der Waals surface area contributed by atoms with Gasteiger partial charge in [-0.05, 0) is 54.7 Å². The number of imide groups is 1. The lowest BCUT2D eigenvalue weighted by atomic mass is 9.77. The van der Waals surface area contributed by atoms with Gasteiger partial charge in [-0.3, -0.25) is 29.4 Å². The number of hydrogen-bond donors (Lipinski definition) is 4. The summed E-state index contributed by atoms with van der Waals surface area (Å²) in [6.07, 6.45) is 1.67. The van der Waals surface area contributed by atoms with Gasteiger partial charge in [0, 0.05) is 13.1 Å². The van der Waals surface area contributed by atoms with Crippen LogP contribution in [0, 0.1) is 17.8 Å². The summed E-state index contributed by atoms with van der Waals surface area (Å²) in [5.74, 6) is -4.12. The molecule has 0 aromatic heterocycles. The number of likely N-dealkylation sites (tertiary alicyclic amines) is 1. The Hall–Kier alpha value is -5.76. The molecule has 55 heavy (non-hydrogen) atoms. The molecule has 1 spiro atoms. The predicted octanol–water partition coefficient (Wildman–Crippen LogP) is 4.41. The van der Waals surface area contributed by atoms with Crippen LogP contribution in [0.3, 0.4) is 0 Å². The lowest BCUT2D eigenvalue weighted by Gasteiger charge is -2.37. The number of hydrazine groups is 1. The number of benzene rings is 3. The van der Waals surface area contributed by atoms with Gasteiger partial charge in [-0.15, -0.1) is 0 Å². The SMILES string of the molecule is CCC(C)C(C(=O)NN1C(=O)NC2(CCN(C(=O)CNC(=O)OCc3ccccc3)CC2)C1=O)[C@@H](CCCc1ccccc1)C(=O)NOCc1ccccc1. The van der Waals surface area contributed by atoms with Crippen molar-refractivity contribution in [1.82, 2.24) is 31.4 Å². The molecule has 4 N–H and O–H groups in total. The second kappa shape index (κ2) is 19.5. The van der Waals surface area contributed by atoms with E-state index in [4.69, 9.17) is 9.57 Å². The third-order valence-electron chi connectivity index (χ3n) is 10.4. The average Bonchev–Trinajstić information content (AvgIpc) is 3.43. The minimum atomic E-state index is -1.33. The number of urea groups is 1. The minimum absolute atomic E-state index is 0.0608. The van der Waals surface area contributed by atoms with Crippen molar-refractivity contribution in [3.63, 3.8) is 0 Å². The standard InChI is InChI=1S/C41H50N6O8/c1-3-29(2)35(33(21-13-20-30-14-7-4-8-15-30)36(49)45-55-28-32-18-11-6-12-19-32)37(50)44-47-38(51)41(43-39(47)52)22-24-46(25-23-41)34(48)26-42-40(53)54-27-31-16-9-5-10-17-31/h4-12,14-19,29,33,35H,3,13,20-28H2,1-2H3,(H,42,53)(H,43,52)(H,44,50)(H,45,49)/t29?,33-,35?/m1/s1. The van der Waals surface area contributed by atoms with Crippen LogP contribution >= 0.6 is 0 Å². The van der Waals surface area contributed by atoms with E-state index in [1.54, 1.807) is 0 Å². The van der Waals surface area contributed by atoms with Crippen LogP contribution in [-0.2, 0) is 48.4 Å². The Morgan fingerprint density at radius 1 is 0.818 bits per heavy atom. The average molecular weight is 755 g/mol. The van der Waals surface area contributed by atoms with E-state index in [1.807, 2.05) is 105 Å². The van der Waals surface area contributed by atoms with Crippen LogP contribution in [0.15, 0.2) is 91.0 Å². The zero-order chi connectivity index (χ0) is 39.2. The van der Waals surface area contributed by atoms with Crippen molar-refractivity contribution < 1.29 is 38.3 Å². The summed E-state index contributed by atoms with van der Waals surface area (Å²) in [6, 6.07) is 27.5. The number of ether oxygens (including phenoxy) is 1. The highest BCUT2D eigenvalue weighted by molar-refractivity contribution is 6.08. The fourth-order valence-electron chi connectivity index (χ4n) is 6.99. The second-order valence-corrected chi connectivity index (χ2v) is 14.1. The molecule has 5 rings (SSSR count). The largest absolute Gasteiger partial charge is 0.445 e. The predicted molar refractivity (Wildman–Crippen MR) is 202 cm³/mol. The molecule has 0 radical (unpaired) electrons. The Morgan fingerprint density at radius 3 is 2.00 bits per heavy atom. The normalized spacial score (nSPS) is 16.5. The summed E-state index contributed by atoms with van der Waals surface area (Å²) in [4.78, 5) is 87.1. The molecule has 2 heterocycles. The maximum atomic E-state index is 14.1. The van der Waals surface area contributed by atoms with Crippen LogP contribution in [0.4, 0.5) is 9.59 Å².